The zero-order valence-corrected chi connectivity index (χ0v) is 12.4. The zero-order chi connectivity index (χ0) is 14.1. The highest BCUT2D eigenvalue weighted by Crippen LogP contribution is 2.31. The van der Waals surface area contributed by atoms with Crippen molar-refractivity contribution in [2.45, 2.75) is 52.4 Å². The van der Waals surface area contributed by atoms with Crippen molar-refractivity contribution < 1.29 is 9.53 Å². The Morgan fingerprint density at radius 3 is 2.47 bits per heavy atom. The molecule has 0 aliphatic carbocycles. The molecule has 1 aromatic carbocycles. The van der Waals surface area contributed by atoms with E-state index in [1.807, 2.05) is 13.0 Å². The fraction of sp³-hybridized carbons (Fsp3) is 0.588. The third kappa shape index (κ3) is 5.46. The monoisotopic (exact) mass is 262 g/mol. The van der Waals surface area contributed by atoms with Crippen molar-refractivity contribution in [3.8, 4) is 0 Å². The molecule has 0 unspecified atom stereocenters. The molecular weight excluding hydrogens is 236 g/mol. The van der Waals surface area contributed by atoms with Crippen LogP contribution < -0.4 is 0 Å². The van der Waals surface area contributed by atoms with Gasteiger partial charge in [-0.05, 0) is 30.7 Å². The number of hydrogen-bond donors (Lipinski definition) is 0. The maximum atomic E-state index is 11.7. The molecule has 2 heteroatoms. The first-order valence-corrected chi connectivity index (χ1v) is 7.39. The van der Waals surface area contributed by atoms with E-state index in [-0.39, 0.29) is 5.97 Å². The van der Waals surface area contributed by atoms with Gasteiger partial charge in [-0.1, -0.05) is 57.0 Å². The van der Waals surface area contributed by atoms with Crippen LogP contribution in [0.25, 0.3) is 0 Å². The third-order valence-electron chi connectivity index (χ3n) is 3.70. The molecule has 0 aliphatic heterocycles. The van der Waals surface area contributed by atoms with Crippen LogP contribution in [0.15, 0.2) is 30.3 Å². The first kappa shape index (κ1) is 15.7. The van der Waals surface area contributed by atoms with Gasteiger partial charge in [-0.15, -0.1) is 0 Å². The Bertz CT molecular complexity index is 359. The summed E-state index contributed by atoms with van der Waals surface area (Å²) in [4.78, 5) is 11.7. The van der Waals surface area contributed by atoms with Crippen molar-refractivity contribution in [2.75, 3.05) is 6.61 Å². The lowest BCUT2D eigenvalue weighted by Crippen LogP contribution is -2.17. The fourth-order valence-electron chi connectivity index (χ4n) is 2.46. The number of carbonyl (C=O) groups excluding carboxylic acids is 1. The predicted molar refractivity (Wildman–Crippen MR) is 79.1 cm³/mol. The van der Waals surface area contributed by atoms with Crippen LogP contribution in [0.5, 0.6) is 0 Å². The Balaban J connectivity index is 2.69. The standard InChI is InChI=1S/C17H26O2/c1-4-6-10-16(13-17(18)19-5-2)14(3)15-11-8-7-9-12-15/h7-9,11-12,14,16H,4-6,10,13H2,1-3H3/t14-,16+/m1/s1. The van der Waals surface area contributed by atoms with Gasteiger partial charge < -0.3 is 4.74 Å². The second-order valence-electron chi connectivity index (χ2n) is 5.11. The van der Waals surface area contributed by atoms with Gasteiger partial charge in [0.1, 0.15) is 0 Å². The summed E-state index contributed by atoms with van der Waals surface area (Å²) < 4.78 is 5.10. The Kier molecular flexibility index (Phi) is 7.24. The van der Waals surface area contributed by atoms with Crippen molar-refractivity contribution in [3.63, 3.8) is 0 Å². The number of benzene rings is 1. The van der Waals surface area contributed by atoms with E-state index in [1.165, 1.54) is 18.4 Å². The molecule has 0 aliphatic rings. The minimum atomic E-state index is -0.0635. The summed E-state index contributed by atoms with van der Waals surface area (Å²) in [6.07, 6.45) is 3.96. The number of ether oxygens (including phenoxy) is 1. The molecule has 0 aromatic heterocycles. The van der Waals surface area contributed by atoms with E-state index in [0.29, 0.717) is 24.9 Å². The Labute approximate surface area is 117 Å². The molecule has 0 heterocycles. The highest BCUT2D eigenvalue weighted by Gasteiger charge is 2.22. The van der Waals surface area contributed by atoms with Gasteiger partial charge in [0.15, 0.2) is 0 Å². The Morgan fingerprint density at radius 1 is 1.21 bits per heavy atom. The SMILES string of the molecule is CCCC[C@@H](CC(=O)OCC)[C@H](C)c1ccccc1. The second-order valence-corrected chi connectivity index (χ2v) is 5.11. The molecule has 0 fully saturated rings. The minimum Gasteiger partial charge on any atom is -0.466 e. The van der Waals surface area contributed by atoms with Crippen LogP contribution in [-0.2, 0) is 9.53 Å². The quantitative estimate of drug-likeness (QED) is 0.642. The summed E-state index contributed by atoms with van der Waals surface area (Å²) in [5, 5.41) is 0. The van der Waals surface area contributed by atoms with E-state index in [9.17, 15) is 4.79 Å². The number of hydrogen-bond acceptors (Lipinski definition) is 2. The molecule has 2 nitrogen and oxygen atoms in total. The molecule has 0 spiro atoms. The first-order chi connectivity index (χ1) is 9.19. The summed E-state index contributed by atoms with van der Waals surface area (Å²) in [6.45, 7) is 6.74. The Hall–Kier alpha value is -1.31. The van der Waals surface area contributed by atoms with Crippen LogP contribution in [0, 0.1) is 5.92 Å². The summed E-state index contributed by atoms with van der Waals surface area (Å²) in [6, 6.07) is 10.5. The van der Waals surface area contributed by atoms with E-state index >= 15 is 0 Å². The lowest BCUT2D eigenvalue weighted by Gasteiger charge is -2.23. The number of esters is 1. The molecule has 2 atom stereocenters. The molecule has 0 amide bonds. The maximum Gasteiger partial charge on any atom is 0.306 e. The third-order valence-corrected chi connectivity index (χ3v) is 3.70. The van der Waals surface area contributed by atoms with Crippen molar-refractivity contribution in [2.24, 2.45) is 5.92 Å². The molecular formula is C17H26O2. The van der Waals surface area contributed by atoms with Crippen LogP contribution in [0.3, 0.4) is 0 Å². The van der Waals surface area contributed by atoms with Crippen molar-refractivity contribution in [1.82, 2.24) is 0 Å². The van der Waals surface area contributed by atoms with Crippen LogP contribution in [0.4, 0.5) is 0 Å². The summed E-state index contributed by atoms with van der Waals surface area (Å²) in [5.74, 6) is 0.713. The van der Waals surface area contributed by atoms with Crippen molar-refractivity contribution in [1.29, 1.82) is 0 Å². The zero-order valence-electron chi connectivity index (χ0n) is 12.4. The van der Waals surface area contributed by atoms with Gasteiger partial charge in [0, 0.05) is 6.42 Å². The van der Waals surface area contributed by atoms with Crippen molar-refractivity contribution >= 4 is 5.97 Å². The van der Waals surface area contributed by atoms with E-state index in [0.717, 1.165) is 6.42 Å². The fourth-order valence-corrected chi connectivity index (χ4v) is 2.46. The van der Waals surface area contributed by atoms with Gasteiger partial charge in [0.05, 0.1) is 6.61 Å². The van der Waals surface area contributed by atoms with Crippen LogP contribution >= 0.6 is 0 Å². The van der Waals surface area contributed by atoms with Crippen LogP contribution in [-0.4, -0.2) is 12.6 Å². The van der Waals surface area contributed by atoms with Crippen molar-refractivity contribution in [3.05, 3.63) is 35.9 Å². The minimum absolute atomic E-state index is 0.0635. The summed E-state index contributed by atoms with van der Waals surface area (Å²) >= 11 is 0. The number of carbonyl (C=O) groups is 1. The highest BCUT2D eigenvalue weighted by atomic mass is 16.5. The largest absolute Gasteiger partial charge is 0.466 e. The molecule has 106 valence electrons. The summed E-state index contributed by atoms with van der Waals surface area (Å²) in [5.41, 5.74) is 1.31. The topological polar surface area (TPSA) is 26.3 Å². The Morgan fingerprint density at radius 2 is 1.89 bits per heavy atom. The lowest BCUT2D eigenvalue weighted by molar-refractivity contribution is -0.144. The number of rotatable bonds is 8. The van der Waals surface area contributed by atoms with Crippen LogP contribution in [0.2, 0.25) is 0 Å². The molecule has 1 aromatic rings. The van der Waals surface area contributed by atoms with Gasteiger partial charge >= 0.3 is 5.97 Å². The molecule has 1 rings (SSSR count). The molecule has 0 N–H and O–H groups in total. The van der Waals surface area contributed by atoms with Gasteiger partial charge in [0.2, 0.25) is 0 Å². The first-order valence-electron chi connectivity index (χ1n) is 7.39. The maximum absolute atomic E-state index is 11.7. The average Bonchev–Trinajstić information content (AvgIpc) is 2.44. The van der Waals surface area contributed by atoms with Crippen LogP contribution in [0.1, 0.15) is 57.9 Å². The van der Waals surface area contributed by atoms with E-state index in [4.69, 9.17) is 4.74 Å². The molecule has 0 radical (unpaired) electrons. The smallest absolute Gasteiger partial charge is 0.306 e. The predicted octanol–water partition coefficient (Wildman–Crippen LogP) is 4.55. The molecule has 0 saturated carbocycles. The van der Waals surface area contributed by atoms with Gasteiger partial charge in [0.25, 0.3) is 0 Å². The molecule has 0 saturated heterocycles. The average molecular weight is 262 g/mol. The van der Waals surface area contributed by atoms with E-state index < -0.39 is 0 Å². The van der Waals surface area contributed by atoms with E-state index in [1.54, 1.807) is 0 Å². The van der Waals surface area contributed by atoms with E-state index in [2.05, 4.69) is 38.1 Å². The second kappa shape index (κ2) is 8.73. The molecule has 19 heavy (non-hydrogen) atoms. The lowest BCUT2D eigenvalue weighted by atomic mass is 9.82. The van der Waals surface area contributed by atoms with Gasteiger partial charge in [-0.3, -0.25) is 4.79 Å². The van der Waals surface area contributed by atoms with Gasteiger partial charge in [-0.2, -0.15) is 0 Å². The molecule has 0 bridgehead atoms. The number of unbranched alkanes of at least 4 members (excludes halogenated alkanes) is 1. The van der Waals surface area contributed by atoms with Gasteiger partial charge in [-0.25, -0.2) is 0 Å². The highest BCUT2D eigenvalue weighted by molar-refractivity contribution is 5.69. The summed E-state index contributed by atoms with van der Waals surface area (Å²) in [7, 11) is 0. The normalized spacial score (nSPS) is 13.8.